The Labute approximate surface area is 96.9 Å². The normalized spacial score (nSPS) is 11.2. The van der Waals surface area contributed by atoms with E-state index in [0.29, 0.717) is 6.54 Å². The minimum atomic E-state index is -0.543. The van der Waals surface area contributed by atoms with Gasteiger partial charge in [0.05, 0.1) is 12.0 Å². The zero-order valence-corrected chi connectivity index (χ0v) is 10.2. The quantitative estimate of drug-likeness (QED) is 0.552. The third-order valence-corrected chi connectivity index (χ3v) is 2.75. The number of rotatable bonds is 8. The molecule has 0 rings (SSSR count). The minimum absolute atomic E-state index is 0.117. The van der Waals surface area contributed by atoms with Crippen molar-refractivity contribution in [3.63, 3.8) is 0 Å². The summed E-state index contributed by atoms with van der Waals surface area (Å²) in [5.74, 6) is -0.690. The minimum Gasteiger partial charge on any atom is -0.368 e. The van der Waals surface area contributed by atoms with Crippen molar-refractivity contribution in [1.82, 2.24) is 5.32 Å². The van der Waals surface area contributed by atoms with Crippen molar-refractivity contribution in [2.24, 2.45) is 16.9 Å². The molecule has 0 fully saturated rings. The van der Waals surface area contributed by atoms with E-state index in [1.165, 1.54) is 0 Å². The Morgan fingerprint density at radius 1 is 1.19 bits per heavy atom. The van der Waals surface area contributed by atoms with E-state index >= 15 is 0 Å². The fourth-order valence-electron chi connectivity index (χ4n) is 1.96. The first-order chi connectivity index (χ1) is 7.52. The van der Waals surface area contributed by atoms with Crippen LogP contribution >= 0.6 is 0 Å². The standard InChI is InChI=1S/C11H23N3O2/c1-3-5-11(8-12,6-4-2)10(16)14-7-9(13)15/h3-8,12H2,1-2H3,(H2,13,15)(H,14,16). The number of carbonyl (C=O) groups excluding carboxylic acids is 2. The summed E-state index contributed by atoms with van der Waals surface area (Å²) < 4.78 is 0. The van der Waals surface area contributed by atoms with Gasteiger partial charge in [-0.2, -0.15) is 0 Å². The molecule has 0 aromatic rings. The summed E-state index contributed by atoms with van der Waals surface area (Å²) >= 11 is 0. The maximum atomic E-state index is 12.0. The van der Waals surface area contributed by atoms with Crippen molar-refractivity contribution >= 4 is 11.8 Å². The molecule has 5 heteroatoms. The SMILES string of the molecule is CCCC(CN)(CCC)C(=O)NCC(N)=O. The lowest BCUT2D eigenvalue weighted by Gasteiger charge is -2.30. The lowest BCUT2D eigenvalue weighted by atomic mass is 9.78. The predicted molar refractivity (Wildman–Crippen MR) is 63.5 cm³/mol. The van der Waals surface area contributed by atoms with Crippen LogP contribution in [-0.4, -0.2) is 24.9 Å². The van der Waals surface area contributed by atoms with Gasteiger partial charge in [-0.25, -0.2) is 0 Å². The topological polar surface area (TPSA) is 98.2 Å². The van der Waals surface area contributed by atoms with Crippen molar-refractivity contribution in [3.8, 4) is 0 Å². The van der Waals surface area contributed by atoms with Crippen LogP contribution in [0, 0.1) is 5.41 Å². The first-order valence-electron chi connectivity index (χ1n) is 5.79. The molecule has 0 aliphatic carbocycles. The Morgan fingerprint density at radius 2 is 1.69 bits per heavy atom. The molecule has 0 aliphatic heterocycles. The Kier molecular flexibility index (Phi) is 6.72. The molecular weight excluding hydrogens is 206 g/mol. The van der Waals surface area contributed by atoms with Crippen molar-refractivity contribution < 1.29 is 9.59 Å². The average Bonchev–Trinajstić information content (AvgIpc) is 2.25. The molecule has 0 saturated heterocycles. The van der Waals surface area contributed by atoms with Crippen LogP contribution in [0.5, 0.6) is 0 Å². The van der Waals surface area contributed by atoms with Gasteiger partial charge in [-0.05, 0) is 12.8 Å². The molecule has 0 radical (unpaired) electrons. The average molecular weight is 229 g/mol. The summed E-state index contributed by atoms with van der Waals surface area (Å²) in [4.78, 5) is 22.6. The molecule has 5 N–H and O–H groups in total. The molecule has 0 aromatic heterocycles. The number of hydrogen-bond acceptors (Lipinski definition) is 3. The van der Waals surface area contributed by atoms with Crippen molar-refractivity contribution in [2.45, 2.75) is 39.5 Å². The first kappa shape index (κ1) is 14.9. The monoisotopic (exact) mass is 229 g/mol. The molecule has 0 unspecified atom stereocenters. The second kappa shape index (κ2) is 7.22. The third kappa shape index (κ3) is 4.18. The predicted octanol–water partition coefficient (Wildman–Crippen LogP) is 0.133. The molecule has 0 spiro atoms. The zero-order valence-electron chi connectivity index (χ0n) is 10.2. The maximum Gasteiger partial charge on any atom is 0.236 e. The largest absolute Gasteiger partial charge is 0.368 e. The molecular formula is C11H23N3O2. The molecule has 0 saturated carbocycles. The van der Waals surface area contributed by atoms with Gasteiger partial charge < -0.3 is 16.8 Å². The number of amides is 2. The molecule has 0 aromatic carbocycles. The fraction of sp³-hybridized carbons (Fsp3) is 0.818. The van der Waals surface area contributed by atoms with Crippen molar-refractivity contribution in [3.05, 3.63) is 0 Å². The van der Waals surface area contributed by atoms with Crippen LogP contribution < -0.4 is 16.8 Å². The highest BCUT2D eigenvalue weighted by atomic mass is 16.2. The van der Waals surface area contributed by atoms with Gasteiger partial charge in [-0.3, -0.25) is 9.59 Å². The number of nitrogens with one attached hydrogen (secondary N) is 1. The van der Waals surface area contributed by atoms with Crippen LogP contribution in [0.2, 0.25) is 0 Å². The molecule has 0 atom stereocenters. The van der Waals surface area contributed by atoms with Gasteiger partial charge in [0.2, 0.25) is 11.8 Å². The van der Waals surface area contributed by atoms with Gasteiger partial charge in [0.1, 0.15) is 0 Å². The van der Waals surface area contributed by atoms with Crippen LogP contribution in [0.15, 0.2) is 0 Å². The van der Waals surface area contributed by atoms with Crippen LogP contribution in [0.25, 0.3) is 0 Å². The molecule has 2 amide bonds. The summed E-state index contributed by atoms with van der Waals surface area (Å²) in [5.41, 5.74) is 10.2. The zero-order chi connectivity index (χ0) is 12.6. The van der Waals surface area contributed by atoms with Crippen molar-refractivity contribution in [2.75, 3.05) is 13.1 Å². The highest BCUT2D eigenvalue weighted by Crippen LogP contribution is 2.28. The van der Waals surface area contributed by atoms with E-state index in [1.807, 2.05) is 13.8 Å². The van der Waals surface area contributed by atoms with E-state index in [1.54, 1.807) is 0 Å². The fourth-order valence-corrected chi connectivity index (χ4v) is 1.96. The van der Waals surface area contributed by atoms with E-state index in [9.17, 15) is 9.59 Å². The van der Waals surface area contributed by atoms with Crippen LogP contribution in [-0.2, 0) is 9.59 Å². The molecule has 94 valence electrons. The van der Waals surface area contributed by atoms with E-state index in [-0.39, 0.29) is 12.5 Å². The highest BCUT2D eigenvalue weighted by Gasteiger charge is 2.35. The smallest absolute Gasteiger partial charge is 0.236 e. The lowest BCUT2D eigenvalue weighted by Crippen LogP contribution is -2.48. The maximum absolute atomic E-state index is 12.0. The second-order valence-electron chi connectivity index (χ2n) is 4.13. The summed E-state index contributed by atoms with van der Waals surface area (Å²) in [6.45, 7) is 4.22. The van der Waals surface area contributed by atoms with Gasteiger partial charge >= 0.3 is 0 Å². The van der Waals surface area contributed by atoms with Gasteiger partial charge in [-0.1, -0.05) is 26.7 Å². The molecule has 0 bridgehead atoms. The van der Waals surface area contributed by atoms with Crippen LogP contribution in [0.4, 0.5) is 0 Å². The molecule has 0 aliphatic rings. The molecule has 16 heavy (non-hydrogen) atoms. The Bertz CT molecular complexity index is 235. The van der Waals surface area contributed by atoms with E-state index in [0.717, 1.165) is 25.7 Å². The summed E-state index contributed by atoms with van der Waals surface area (Å²) in [6.07, 6.45) is 3.26. The van der Waals surface area contributed by atoms with Gasteiger partial charge in [0, 0.05) is 6.54 Å². The number of carbonyl (C=O) groups is 2. The summed E-state index contributed by atoms with van der Waals surface area (Å²) in [7, 11) is 0. The van der Waals surface area contributed by atoms with Crippen LogP contribution in [0.1, 0.15) is 39.5 Å². The number of nitrogens with two attached hydrogens (primary N) is 2. The summed E-state index contributed by atoms with van der Waals surface area (Å²) in [5, 5.41) is 2.55. The molecule has 5 nitrogen and oxygen atoms in total. The van der Waals surface area contributed by atoms with Gasteiger partial charge in [-0.15, -0.1) is 0 Å². The number of primary amides is 1. The Balaban J connectivity index is 4.58. The van der Waals surface area contributed by atoms with Gasteiger partial charge in [0.15, 0.2) is 0 Å². The van der Waals surface area contributed by atoms with E-state index in [4.69, 9.17) is 11.5 Å². The molecule has 0 heterocycles. The second-order valence-corrected chi connectivity index (χ2v) is 4.13. The van der Waals surface area contributed by atoms with Crippen molar-refractivity contribution in [1.29, 1.82) is 0 Å². The lowest BCUT2D eigenvalue weighted by molar-refractivity contribution is -0.133. The van der Waals surface area contributed by atoms with E-state index in [2.05, 4.69) is 5.32 Å². The summed E-state index contributed by atoms with van der Waals surface area (Å²) in [6, 6.07) is 0. The Hall–Kier alpha value is -1.10. The van der Waals surface area contributed by atoms with E-state index < -0.39 is 11.3 Å². The third-order valence-electron chi connectivity index (χ3n) is 2.75. The highest BCUT2D eigenvalue weighted by molar-refractivity contribution is 5.87. The number of hydrogen-bond donors (Lipinski definition) is 3. The first-order valence-corrected chi connectivity index (χ1v) is 5.79. The Morgan fingerprint density at radius 3 is 2.00 bits per heavy atom. The van der Waals surface area contributed by atoms with Crippen LogP contribution in [0.3, 0.4) is 0 Å². The van der Waals surface area contributed by atoms with Gasteiger partial charge in [0.25, 0.3) is 0 Å².